The second-order valence-corrected chi connectivity index (χ2v) is 6.52. The molecule has 0 aromatic rings. The maximum Gasteiger partial charge on any atom is 0.127 e. The lowest BCUT2D eigenvalue weighted by atomic mass is 9.69. The molecule has 0 aromatic heterocycles. The lowest BCUT2D eigenvalue weighted by Crippen LogP contribution is -2.45. The molecule has 94 valence electrons. The molecule has 8 atom stereocenters. The van der Waals surface area contributed by atoms with E-state index in [1.807, 2.05) is 7.11 Å². The zero-order chi connectivity index (χ0) is 11.6. The van der Waals surface area contributed by atoms with Crippen molar-refractivity contribution in [3.05, 3.63) is 12.8 Å². The van der Waals surface area contributed by atoms with E-state index in [1.54, 1.807) is 6.26 Å². The first kappa shape index (κ1) is 10.4. The van der Waals surface area contributed by atoms with Gasteiger partial charge < -0.3 is 9.47 Å². The summed E-state index contributed by atoms with van der Waals surface area (Å²) in [4.78, 5) is 0. The van der Waals surface area contributed by atoms with Crippen molar-refractivity contribution < 1.29 is 9.47 Å². The fraction of sp³-hybridized carbons (Fsp3) is 0.867. The first-order chi connectivity index (χ1) is 8.35. The summed E-state index contributed by atoms with van der Waals surface area (Å²) in [6, 6.07) is 0. The minimum atomic E-state index is 0.295. The van der Waals surface area contributed by atoms with Gasteiger partial charge in [0.2, 0.25) is 0 Å². The molecule has 17 heavy (non-hydrogen) atoms. The van der Waals surface area contributed by atoms with Gasteiger partial charge in [0.1, 0.15) is 6.10 Å². The summed E-state index contributed by atoms with van der Waals surface area (Å²) in [5, 5.41) is 0. The van der Waals surface area contributed by atoms with Gasteiger partial charge in [0.15, 0.2) is 0 Å². The molecule has 4 aliphatic carbocycles. The third-order valence-corrected chi connectivity index (χ3v) is 6.27. The number of hydrogen-bond acceptors (Lipinski definition) is 2. The molecule has 0 N–H and O–H groups in total. The van der Waals surface area contributed by atoms with Crippen molar-refractivity contribution in [2.45, 2.75) is 37.9 Å². The van der Waals surface area contributed by atoms with Crippen LogP contribution in [-0.4, -0.2) is 19.3 Å². The lowest BCUT2D eigenvalue weighted by Gasteiger charge is -2.41. The SMILES string of the molecule is C=COC1C2CC(C1OC)C1C3CCC(C3)C21. The van der Waals surface area contributed by atoms with E-state index < -0.39 is 0 Å². The predicted molar refractivity (Wildman–Crippen MR) is 65.3 cm³/mol. The molecule has 4 aliphatic rings. The summed E-state index contributed by atoms with van der Waals surface area (Å²) < 4.78 is 11.5. The molecule has 0 radical (unpaired) electrons. The van der Waals surface area contributed by atoms with Crippen LogP contribution in [0.15, 0.2) is 12.8 Å². The van der Waals surface area contributed by atoms with Crippen molar-refractivity contribution in [1.82, 2.24) is 0 Å². The fourth-order valence-corrected chi connectivity index (χ4v) is 6.07. The molecule has 0 aromatic carbocycles. The van der Waals surface area contributed by atoms with Gasteiger partial charge in [0.25, 0.3) is 0 Å². The highest BCUT2D eigenvalue weighted by Crippen LogP contribution is 2.68. The molecule has 2 heteroatoms. The molecule has 0 heterocycles. The number of ether oxygens (including phenoxy) is 2. The van der Waals surface area contributed by atoms with Crippen LogP contribution in [0.1, 0.15) is 25.7 Å². The van der Waals surface area contributed by atoms with E-state index in [0.29, 0.717) is 12.2 Å². The van der Waals surface area contributed by atoms with Gasteiger partial charge in [-0.3, -0.25) is 0 Å². The largest absolute Gasteiger partial charge is 0.496 e. The second kappa shape index (κ2) is 3.50. The van der Waals surface area contributed by atoms with Crippen LogP contribution >= 0.6 is 0 Å². The Kier molecular flexibility index (Phi) is 2.15. The topological polar surface area (TPSA) is 18.5 Å². The smallest absolute Gasteiger partial charge is 0.127 e. The number of hydrogen-bond donors (Lipinski definition) is 0. The summed E-state index contributed by atoms with van der Waals surface area (Å²) in [6.07, 6.45) is 8.06. The molecule has 4 saturated carbocycles. The summed E-state index contributed by atoms with van der Waals surface area (Å²) in [5.74, 6) is 5.47. The third-order valence-electron chi connectivity index (χ3n) is 6.27. The highest BCUT2D eigenvalue weighted by molar-refractivity contribution is 5.15. The molecule has 4 fully saturated rings. The Balaban J connectivity index is 1.66. The van der Waals surface area contributed by atoms with Crippen LogP contribution in [-0.2, 0) is 9.47 Å². The van der Waals surface area contributed by atoms with Crippen molar-refractivity contribution in [2.75, 3.05) is 7.11 Å². The zero-order valence-corrected chi connectivity index (χ0v) is 10.5. The maximum atomic E-state index is 5.79. The highest BCUT2D eigenvalue weighted by atomic mass is 16.5. The van der Waals surface area contributed by atoms with Crippen LogP contribution in [0, 0.1) is 35.5 Å². The van der Waals surface area contributed by atoms with E-state index >= 15 is 0 Å². The Labute approximate surface area is 103 Å². The standard InChI is InChI=1S/C15H22O2/c1-3-17-15-11-7-10(14(15)16-2)12-8-4-5-9(6-8)13(11)12/h3,8-15H,1,4-7H2,2H3. The molecule has 8 unspecified atom stereocenters. The summed E-state index contributed by atoms with van der Waals surface area (Å²) in [7, 11) is 1.85. The van der Waals surface area contributed by atoms with Gasteiger partial charge in [-0.2, -0.15) is 0 Å². The minimum Gasteiger partial charge on any atom is -0.496 e. The Morgan fingerprint density at radius 3 is 2.24 bits per heavy atom. The van der Waals surface area contributed by atoms with E-state index in [2.05, 4.69) is 6.58 Å². The quantitative estimate of drug-likeness (QED) is 0.552. The van der Waals surface area contributed by atoms with Gasteiger partial charge in [-0.25, -0.2) is 0 Å². The minimum absolute atomic E-state index is 0.295. The third kappa shape index (κ3) is 1.15. The number of methoxy groups -OCH3 is 1. The summed E-state index contributed by atoms with van der Waals surface area (Å²) >= 11 is 0. The van der Waals surface area contributed by atoms with Crippen LogP contribution in [0.2, 0.25) is 0 Å². The van der Waals surface area contributed by atoms with Crippen LogP contribution in [0.5, 0.6) is 0 Å². The molecule has 2 nitrogen and oxygen atoms in total. The summed E-state index contributed by atoms with van der Waals surface area (Å²) in [5.41, 5.74) is 0. The van der Waals surface area contributed by atoms with E-state index in [9.17, 15) is 0 Å². The molecule has 0 spiro atoms. The average molecular weight is 234 g/mol. The first-order valence-electron chi connectivity index (χ1n) is 7.14. The van der Waals surface area contributed by atoms with Crippen molar-refractivity contribution in [3.63, 3.8) is 0 Å². The van der Waals surface area contributed by atoms with Gasteiger partial charge in [-0.1, -0.05) is 6.58 Å². The molecular weight excluding hydrogens is 212 g/mol. The Bertz CT molecular complexity index is 340. The van der Waals surface area contributed by atoms with Crippen molar-refractivity contribution in [1.29, 1.82) is 0 Å². The molecule has 0 amide bonds. The van der Waals surface area contributed by atoms with Crippen LogP contribution in [0.4, 0.5) is 0 Å². The molecule has 0 saturated heterocycles. The fourth-order valence-electron chi connectivity index (χ4n) is 6.07. The Morgan fingerprint density at radius 2 is 1.65 bits per heavy atom. The maximum absolute atomic E-state index is 5.79. The van der Waals surface area contributed by atoms with Crippen molar-refractivity contribution >= 4 is 0 Å². The van der Waals surface area contributed by atoms with Gasteiger partial charge in [0, 0.05) is 13.0 Å². The average Bonchev–Trinajstić information content (AvgIpc) is 3.06. The summed E-state index contributed by atoms with van der Waals surface area (Å²) in [6.45, 7) is 3.73. The molecular formula is C15H22O2. The van der Waals surface area contributed by atoms with E-state index in [-0.39, 0.29) is 0 Å². The Hall–Kier alpha value is -0.500. The first-order valence-corrected chi connectivity index (χ1v) is 7.14. The van der Waals surface area contributed by atoms with Gasteiger partial charge in [0.05, 0.1) is 12.4 Å². The van der Waals surface area contributed by atoms with Crippen molar-refractivity contribution in [3.8, 4) is 0 Å². The second-order valence-electron chi connectivity index (χ2n) is 6.52. The lowest BCUT2D eigenvalue weighted by molar-refractivity contribution is -0.0917. The van der Waals surface area contributed by atoms with Crippen LogP contribution < -0.4 is 0 Å². The number of rotatable bonds is 3. The molecule has 4 bridgehead atoms. The molecule has 0 aliphatic heterocycles. The van der Waals surface area contributed by atoms with E-state index in [4.69, 9.17) is 9.47 Å². The van der Waals surface area contributed by atoms with Crippen LogP contribution in [0.25, 0.3) is 0 Å². The predicted octanol–water partition coefficient (Wildman–Crippen LogP) is 2.84. The van der Waals surface area contributed by atoms with E-state index in [1.165, 1.54) is 25.7 Å². The highest BCUT2D eigenvalue weighted by Gasteiger charge is 2.66. The van der Waals surface area contributed by atoms with Gasteiger partial charge in [-0.15, -0.1) is 0 Å². The Morgan fingerprint density at radius 1 is 1.00 bits per heavy atom. The molecule has 4 rings (SSSR count). The van der Waals surface area contributed by atoms with Crippen molar-refractivity contribution in [2.24, 2.45) is 35.5 Å². The van der Waals surface area contributed by atoms with Gasteiger partial charge in [-0.05, 0) is 55.3 Å². The monoisotopic (exact) mass is 234 g/mol. The zero-order valence-electron chi connectivity index (χ0n) is 10.5. The number of fused-ring (bicyclic) bond motifs is 9. The van der Waals surface area contributed by atoms with Crippen LogP contribution in [0.3, 0.4) is 0 Å². The normalized spacial score (nSPS) is 58.4. The van der Waals surface area contributed by atoms with Gasteiger partial charge >= 0.3 is 0 Å². The van der Waals surface area contributed by atoms with E-state index in [0.717, 1.165) is 35.5 Å².